The number of aryl methyl sites for hydroxylation is 1. The van der Waals surface area contributed by atoms with Crippen LogP contribution in [0, 0.1) is 0 Å². The predicted molar refractivity (Wildman–Crippen MR) is 74.1 cm³/mol. The van der Waals surface area contributed by atoms with E-state index in [1.807, 2.05) is 6.92 Å². The molecule has 0 atom stereocenters. The van der Waals surface area contributed by atoms with Gasteiger partial charge >= 0.3 is 0 Å². The standard InChI is InChI=1S/C10H18N6O4S/c1-2-3-15-4-7(10(13)14-15)21(19,20)16(5-8(11)17)6-9(12)18/h4H,2-3,5-6H2,1H3,(H2,11,17)(H2,12,18)(H2,13,14). The molecule has 0 aliphatic heterocycles. The minimum atomic E-state index is -4.20. The summed E-state index contributed by atoms with van der Waals surface area (Å²) in [4.78, 5) is 21.7. The number of carbonyl (C=O) groups excluding carboxylic acids is 2. The molecule has 1 rings (SSSR count). The van der Waals surface area contributed by atoms with E-state index in [0.29, 0.717) is 10.8 Å². The number of anilines is 1. The molecular weight excluding hydrogens is 300 g/mol. The van der Waals surface area contributed by atoms with E-state index in [1.165, 1.54) is 10.9 Å². The molecule has 0 saturated heterocycles. The van der Waals surface area contributed by atoms with Gasteiger partial charge in [0.1, 0.15) is 4.90 Å². The van der Waals surface area contributed by atoms with E-state index in [0.717, 1.165) is 6.42 Å². The normalized spacial score (nSPS) is 11.7. The van der Waals surface area contributed by atoms with Gasteiger partial charge in [-0.05, 0) is 6.42 Å². The van der Waals surface area contributed by atoms with Crippen molar-refractivity contribution < 1.29 is 18.0 Å². The highest BCUT2D eigenvalue weighted by atomic mass is 32.2. The average molecular weight is 318 g/mol. The third-order valence-corrected chi connectivity index (χ3v) is 4.30. The Hall–Kier alpha value is -2.14. The maximum absolute atomic E-state index is 12.4. The van der Waals surface area contributed by atoms with E-state index in [-0.39, 0.29) is 10.7 Å². The average Bonchev–Trinajstić information content (AvgIpc) is 2.69. The number of hydrogen-bond donors (Lipinski definition) is 3. The summed E-state index contributed by atoms with van der Waals surface area (Å²) in [6, 6.07) is 0. The van der Waals surface area contributed by atoms with Gasteiger partial charge in [0, 0.05) is 12.7 Å². The van der Waals surface area contributed by atoms with Gasteiger partial charge in [0.2, 0.25) is 21.8 Å². The van der Waals surface area contributed by atoms with Crippen molar-refractivity contribution in [1.29, 1.82) is 0 Å². The van der Waals surface area contributed by atoms with Crippen molar-refractivity contribution in [2.45, 2.75) is 24.8 Å². The SMILES string of the molecule is CCCn1cc(S(=O)(=O)N(CC(N)=O)CC(N)=O)c(N)n1. The molecule has 10 nitrogen and oxygen atoms in total. The quantitative estimate of drug-likeness (QED) is 0.493. The molecule has 1 aromatic heterocycles. The van der Waals surface area contributed by atoms with Gasteiger partial charge in [0.05, 0.1) is 13.1 Å². The number of amides is 2. The molecule has 0 aliphatic rings. The highest BCUT2D eigenvalue weighted by Gasteiger charge is 2.31. The Morgan fingerprint density at radius 2 is 1.81 bits per heavy atom. The first-order valence-corrected chi connectivity index (χ1v) is 7.52. The van der Waals surface area contributed by atoms with Crippen molar-refractivity contribution in [2.24, 2.45) is 11.5 Å². The molecule has 0 bridgehead atoms. The summed E-state index contributed by atoms with van der Waals surface area (Å²) in [6.45, 7) is 1.01. The lowest BCUT2D eigenvalue weighted by Gasteiger charge is -2.18. The van der Waals surface area contributed by atoms with Crippen molar-refractivity contribution in [3.63, 3.8) is 0 Å². The Morgan fingerprint density at radius 1 is 1.29 bits per heavy atom. The first kappa shape index (κ1) is 16.9. The van der Waals surface area contributed by atoms with Crippen LogP contribution in [0.4, 0.5) is 5.82 Å². The van der Waals surface area contributed by atoms with E-state index < -0.39 is 34.9 Å². The Bertz CT molecular complexity index is 622. The summed E-state index contributed by atoms with van der Waals surface area (Å²) in [5, 5.41) is 3.86. The number of nitrogens with two attached hydrogens (primary N) is 3. The van der Waals surface area contributed by atoms with Crippen LogP contribution in [0.3, 0.4) is 0 Å². The van der Waals surface area contributed by atoms with Crippen LogP contribution < -0.4 is 17.2 Å². The highest BCUT2D eigenvalue weighted by Crippen LogP contribution is 2.21. The van der Waals surface area contributed by atoms with Crippen LogP contribution in [0.2, 0.25) is 0 Å². The Balaban J connectivity index is 3.21. The van der Waals surface area contributed by atoms with Crippen LogP contribution in [-0.4, -0.2) is 47.4 Å². The number of nitrogen functional groups attached to an aromatic ring is 1. The second-order valence-electron chi connectivity index (χ2n) is 4.35. The van der Waals surface area contributed by atoms with Crippen molar-refractivity contribution in [2.75, 3.05) is 18.8 Å². The number of rotatable bonds is 8. The van der Waals surface area contributed by atoms with Gasteiger partial charge < -0.3 is 17.2 Å². The predicted octanol–water partition coefficient (Wildman–Crippen LogP) is -2.16. The van der Waals surface area contributed by atoms with E-state index in [4.69, 9.17) is 17.2 Å². The molecular formula is C10H18N6O4S. The first-order valence-electron chi connectivity index (χ1n) is 6.08. The zero-order valence-corrected chi connectivity index (χ0v) is 12.3. The highest BCUT2D eigenvalue weighted by molar-refractivity contribution is 7.89. The molecule has 0 saturated carbocycles. The van der Waals surface area contributed by atoms with Gasteiger partial charge in [0.25, 0.3) is 0 Å². The minimum absolute atomic E-state index is 0.220. The zero-order chi connectivity index (χ0) is 16.2. The van der Waals surface area contributed by atoms with Crippen LogP contribution >= 0.6 is 0 Å². The number of hydrogen-bond acceptors (Lipinski definition) is 6. The van der Waals surface area contributed by atoms with Crippen LogP contribution in [-0.2, 0) is 26.2 Å². The smallest absolute Gasteiger partial charge is 0.249 e. The number of primary amides is 2. The number of carbonyl (C=O) groups is 2. The van der Waals surface area contributed by atoms with Crippen LogP contribution in [0.15, 0.2) is 11.1 Å². The molecule has 21 heavy (non-hydrogen) atoms. The molecule has 0 fully saturated rings. The van der Waals surface area contributed by atoms with Gasteiger partial charge in [-0.25, -0.2) is 8.42 Å². The summed E-state index contributed by atoms with van der Waals surface area (Å²) in [6.07, 6.45) is 1.97. The lowest BCUT2D eigenvalue weighted by atomic mass is 10.5. The summed E-state index contributed by atoms with van der Waals surface area (Å²) >= 11 is 0. The van der Waals surface area contributed by atoms with Gasteiger partial charge in [-0.15, -0.1) is 0 Å². The molecule has 0 aromatic carbocycles. The van der Waals surface area contributed by atoms with Crippen LogP contribution in [0.25, 0.3) is 0 Å². The largest absolute Gasteiger partial charge is 0.381 e. The van der Waals surface area contributed by atoms with E-state index in [1.54, 1.807) is 0 Å². The third kappa shape index (κ3) is 4.16. The molecule has 1 heterocycles. The summed E-state index contributed by atoms with van der Waals surface area (Å²) in [5.41, 5.74) is 15.6. The fourth-order valence-corrected chi connectivity index (χ4v) is 3.11. The second-order valence-corrected chi connectivity index (χ2v) is 6.25. The van der Waals surface area contributed by atoms with Crippen molar-refractivity contribution >= 4 is 27.7 Å². The third-order valence-electron chi connectivity index (χ3n) is 2.49. The molecule has 0 unspecified atom stereocenters. The Morgan fingerprint density at radius 3 is 2.24 bits per heavy atom. The van der Waals surface area contributed by atoms with E-state index >= 15 is 0 Å². The fraction of sp³-hybridized carbons (Fsp3) is 0.500. The summed E-state index contributed by atoms with van der Waals surface area (Å²) < 4.78 is 26.8. The van der Waals surface area contributed by atoms with E-state index in [9.17, 15) is 18.0 Å². The molecule has 11 heteroatoms. The molecule has 6 N–H and O–H groups in total. The van der Waals surface area contributed by atoms with Gasteiger partial charge in [-0.1, -0.05) is 6.92 Å². The molecule has 0 spiro atoms. The number of sulfonamides is 1. The van der Waals surface area contributed by atoms with E-state index in [2.05, 4.69) is 5.10 Å². The molecule has 2 amide bonds. The maximum Gasteiger partial charge on any atom is 0.249 e. The number of nitrogens with zero attached hydrogens (tertiary/aromatic N) is 3. The lowest BCUT2D eigenvalue weighted by molar-refractivity contribution is -0.120. The Kier molecular flexibility index (Phi) is 5.27. The fourth-order valence-electron chi connectivity index (χ4n) is 1.67. The minimum Gasteiger partial charge on any atom is -0.381 e. The van der Waals surface area contributed by atoms with Crippen molar-refractivity contribution in [1.82, 2.24) is 14.1 Å². The van der Waals surface area contributed by atoms with Gasteiger partial charge in [-0.3, -0.25) is 14.3 Å². The van der Waals surface area contributed by atoms with Crippen molar-refractivity contribution in [3.05, 3.63) is 6.20 Å². The molecule has 118 valence electrons. The van der Waals surface area contributed by atoms with Gasteiger partial charge in [0.15, 0.2) is 5.82 Å². The molecule has 0 radical (unpaired) electrons. The topological polar surface area (TPSA) is 167 Å². The first-order chi connectivity index (χ1) is 9.68. The zero-order valence-electron chi connectivity index (χ0n) is 11.5. The van der Waals surface area contributed by atoms with Crippen LogP contribution in [0.5, 0.6) is 0 Å². The lowest BCUT2D eigenvalue weighted by Crippen LogP contribution is -2.43. The maximum atomic E-state index is 12.4. The second kappa shape index (κ2) is 6.54. The molecule has 1 aromatic rings. The van der Waals surface area contributed by atoms with Gasteiger partial charge in [-0.2, -0.15) is 9.40 Å². The monoisotopic (exact) mass is 318 g/mol. The van der Waals surface area contributed by atoms with Crippen molar-refractivity contribution in [3.8, 4) is 0 Å². The summed E-state index contributed by atoms with van der Waals surface area (Å²) in [5.74, 6) is -2.05. The molecule has 0 aliphatic carbocycles. The Labute approximate surface area is 121 Å². The van der Waals surface area contributed by atoms with Crippen LogP contribution in [0.1, 0.15) is 13.3 Å². The summed E-state index contributed by atoms with van der Waals surface area (Å²) in [7, 11) is -4.20. The number of aromatic nitrogens is 2.